The Morgan fingerprint density at radius 1 is 1.04 bits per heavy atom. The van der Waals surface area contributed by atoms with Crippen LogP contribution in [-0.2, 0) is 7.05 Å². The first kappa shape index (κ1) is 18.7. The second-order valence-corrected chi connectivity index (χ2v) is 6.59. The molecule has 1 fully saturated rings. The van der Waals surface area contributed by atoms with Crippen LogP contribution in [0.25, 0.3) is 0 Å². The van der Waals surface area contributed by atoms with Gasteiger partial charge >= 0.3 is 0 Å². The molecule has 7 nitrogen and oxygen atoms in total. The number of aromatic nitrogens is 1. The van der Waals surface area contributed by atoms with Gasteiger partial charge in [-0.25, -0.2) is 0 Å². The molecule has 27 heavy (non-hydrogen) atoms. The van der Waals surface area contributed by atoms with Crippen LogP contribution in [0.4, 0.5) is 5.69 Å². The van der Waals surface area contributed by atoms with Crippen molar-refractivity contribution in [3.63, 3.8) is 0 Å². The van der Waals surface area contributed by atoms with Crippen LogP contribution in [0.3, 0.4) is 0 Å². The summed E-state index contributed by atoms with van der Waals surface area (Å²) in [5.74, 6) is 0.0964. The first-order chi connectivity index (χ1) is 13.0. The molecular formula is C20H23N3O4. The number of carbonyl (C=O) groups excluding carboxylic acids is 2. The van der Waals surface area contributed by atoms with E-state index in [0.717, 1.165) is 32.4 Å². The second-order valence-electron chi connectivity index (χ2n) is 6.59. The molecule has 0 saturated carbocycles. The van der Waals surface area contributed by atoms with E-state index in [1.54, 1.807) is 43.3 Å². The number of rotatable bonds is 4. The van der Waals surface area contributed by atoms with E-state index in [9.17, 15) is 14.4 Å². The zero-order valence-electron chi connectivity index (χ0n) is 15.5. The number of hydrogen-bond acceptors (Lipinski definition) is 4. The molecule has 0 aliphatic carbocycles. The van der Waals surface area contributed by atoms with Crippen LogP contribution < -0.4 is 15.6 Å². The number of likely N-dealkylation sites (tertiary alicyclic amines) is 1. The third-order valence-corrected chi connectivity index (χ3v) is 4.67. The van der Waals surface area contributed by atoms with Gasteiger partial charge in [0.2, 0.25) is 0 Å². The quantitative estimate of drug-likeness (QED) is 0.897. The number of benzene rings is 1. The Bertz CT molecular complexity index is 896. The van der Waals surface area contributed by atoms with Gasteiger partial charge in [-0.15, -0.1) is 0 Å². The number of piperidine rings is 1. The maximum atomic E-state index is 12.7. The molecule has 0 spiro atoms. The first-order valence-corrected chi connectivity index (χ1v) is 8.95. The van der Waals surface area contributed by atoms with Crippen molar-refractivity contribution in [2.75, 3.05) is 25.5 Å². The summed E-state index contributed by atoms with van der Waals surface area (Å²) in [6.45, 7) is 1.43. The van der Waals surface area contributed by atoms with Gasteiger partial charge in [0.1, 0.15) is 11.4 Å². The number of hydrogen-bond donors (Lipinski definition) is 1. The SMILES string of the molecule is COc1ccc(C(=O)Nc2cc(C(=O)N3CCCCC3)cn(C)c2=O)cc1. The number of aryl methyl sites for hydroxylation is 1. The largest absolute Gasteiger partial charge is 0.497 e. The van der Waals surface area contributed by atoms with Crippen molar-refractivity contribution in [2.24, 2.45) is 7.05 Å². The van der Waals surface area contributed by atoms with Crippen molar-refractivity contribution in [1.29, 1.82) is 0 Å². The van der Waals surface area contributed by atoms with Crippen LogP contribution in [0.2, 0.25) is 0 Å². The van der Waals surface area contributed by atoms with Crippen LogP contribution in [0.5, 0.6) is 5.75 Å². The van der Waals surface area contributed by atoms with Gasteiger partial charge in [0, 0.05) is 31.9 Å². The number of amides is 2. The monoisotopic (exact) mass is 369 g/mol. The van der Waals surface area contributed by atoms with Gasteiger partial charge < -0.3 is 19.5 Å². The lowest BCUT2D eigenvalue weighted by Crippen LogP contribution is -2.36. The minimum Gasteiger partial charge on any atom is -0.497 e. The molecule has 3 rings (SSSR count). The standard InChI is InChI=1S/C20H23N3O4/c1-22-13-15(19(25)23-10-4-3-5-11-23)12-17(20(22)26)21-18(24)14-6-8-16(27-2)9-7-14/h6-9,12-13H,3-5,10-11H2,1-2H3,(H,21,24). The molecule has 0 atom stereocenters. The third kappa shape index (κ3) is 4.19. The Kier molecular flexibility index (Phi) is 5.59. The fourth-order valence-electron chi connectivity index (χ4n) is 3.13. The van der Waals surface area contributed by atoms with Gasteiger partial charge in [-0.1, -0.05) is 0 Å². The third-order valence-electron chi connectivity index (χ3n) is 4.67. The molecule has 1 aromatic heterocycles. The summed E-state index contributed by atoms with van der Waals surface area (Å²) in [5.41, 5.74) is 0.503. The molecule has 1 N–H and O–H groups in total. The van der Waals surface area contributed by atoms with Crippen molar-refractivity contribution in [1.82, 2.24) is 9.47 Å². The molecule has 1 aromatic carbocycles. The molecule has 0 bridgehead atoms. The van der Waals surface area contributed by atoms with Crippen LogP contribution in [0.15, 0.2) is 41.3 Å². The zero-order chi connectivity index (χ0) is 19.4. The van der Waals surface area contributed by atoms with E-state index in [0.29, 0.717) is 16.9 Å². The molecule has 0 radical (unpaired) electrons. The number of nitrogens with zero attached hydrogens (tertiary/aromatic N) is 2. The van der Waals surface area contributed by atoms with Crippen LogP contribution in [-0.4, -0.2) is 41.5 Å². The molecule has 1 saturated heterocycles. The summed E-state index contributed by atoms with van der Waals surface area (Å²) in [6, 6.07) is 8.02. The van der Waals surface area contributed by atoms with Crippen LogP contribution in [0.1, 0.15) is 40.0 Å². The average Bonchev–Trinajstić information content (AvgIpc) is 2.71. The van der Waals surface area contributed by atoms with E-state index in [-0.39, 0.29) is 17.2 Å². The minimum atomic E-state index is -0.419. The van der Waals surface area contributed by atoms with E-state index in [1.807, 2.05) is 0 Å². The Balaban J connectivity index is 1.83. The predicted octanol–water partition coefficient (Wildman–Crippen LogP) is 2.27. The Hall–Kier alpha value is -3.09. The van der Waals surface area contributed by atoms with Crippen molar-refractivity contribution < 1.29 is 14.3 Å². The van der Waals surface area contributed by atoms with Gasteiger partial charge in [0.25, 0.3) is 17.4 Å². The van der Waals surface area contributed by atoms with E-state index in [1.165, 1.54) is 16.8 Å². The average molecular weight is 369 g/mol. The summed E-state index contributed by atoms with van der Waals surface area (Å²) in [5, 5.41) is 2.62. The highest BCUT2D eigenvalue weighted by atomic mass is 16.5. The molecule has 2 aromatic rings. The maximum absolute atomic E-state index is 12.7. The summed E-state index contributed by atoms with van der Waals surface area (Å²) >= 11 is 0. The van der Waals surface area contributed by atoms with Crippen molar-refractivity contribution in [3.8, 4) is 5.75 Å². The summed E-state index contributed by atoms with van der Waals surface area (Å²) in [7, 11) is 3.11. The van der Waals surface area contributed by atoms with Gasteiger partial charge in [0.15, 0.2) is 0 Å². The molecule has 1 aliphatic rings. The summed E-state index contributed by atoms with van der Waals surface area (Å²) in [4.78, 5) is 39.4. The maximum Gasteiger partial charge on any atom is 0.274 e. The van der Waals surface area contributed by atoms with Crippen molar-refractivity contribution in [2.45, 2.75) is 19.3 Å². The van der Waals surface area contributed by atoms with Gasteiger partial charge in [-0.3, -0.25) is 14.4 Å². The molecule has 2 amide bonds. The number of ether oxygens (including phenoxy) is 1. The number of anilines is 1. The van der Waals surface area contributed by atoms with E-state index >= 15 is 0 Å². The van der Waals surface area contributed by atoms with Crippen LogP contribution in [0, 0.1) is 0 Å². The van der Waals surface area contributed by atoms with E-state index < -0.39 is 5.91 Å². The number of pyridine rings is 1. The summed E-state index contributed by atoms with van der Waals surface area (Å²) < 4.78 is 6.39. The lowest BCUT2D eigenvalue weighted by atomic mass is 10.1. The van der Waals surface area contributed by atoms with E-state index in [2.05, 4.69) is 5.32 Å². The predicted molar refractivity (Wildman–Crippen MR) is 102 cm³/mol. The molecule has 1 aliphatic heterocycles. The normalized spacial score (nSPS) is 13.9. The molecule has 0 unspecified atom stereocenters. The number of carbonyl (C=O) groups is 2. The second kappa shape index (κ2) is 8.07. The topological polar surface area (TPSA) is 80.6 Å². The first-order valence-electron chi connectivity index (χ1n) is 8.95. The Morgan fingerprint density at radius 2 is 1.70 bits per heavy atom. The van der Waals surface area contributed by atoms with Gasteiger partial charge in [0.05, 0.1) is 12.7 Å². The van der Waals surface area contributed by atoms with Gasteiger partial charge in [-0.05, 0) is 49.6 Å². The van der Waals surface area contributed by atoms with E-state index in [4.69, 9.17) is 4.74 Å². The fourth-order valence-corrected chi connectivity index (χ4v) is 3.13. The molecule has 7 heteroatoms. The highest BCUT2D eigenvalue weighted by Crippen LogP contribution is 2.16. The lowest BCUT2D eigenvalue weighted by Gasteiger charge is -2.27. The highest BCUT2D eigenvalue weighted by molar-refractivity contribution is 6.05. The van der Waals surface area contributed by atoms with Crippen LogP contribution >= 0.6 is 0 Å². The molecule has 142 valence electrons. The number of methoxy groups -OCH3 is 1. The highest BCUT2D eigenvalue weighted by Gasteiger charge is 2.20. The smallest absolute Gasteiger partial charge is 0.274 e. The number of nitrogens with one attached hydrogen (secondary N) is 1. The minimum absolute atomic E-state index is 0.0844. The zero-order valence-corrected chi connectivity index (χ0v) is 15.5. The Labute approximate surface area is 157 Å². The Morgan fingerprint density at radius 3 is 2.33 bits per heavy atom. The lowest BCUT2D eigenvalue weighted by molar-refractivity contribution is 0.0723. The molecular weight excluding hydrogens is 346 g/mol. The molecule has 2 heterocycles. The van der Waals surface area contributed by atoms with Crippen molar-refractivity contribution >= 4 is 17.5 Å². The fraction of sp³-hybridized carbons (Fsp3) is 0.350. The van der Waals surface area contributed by atoms with Gasteiger partial charge in [-0.2, -0.15) is 0 Å². The van der Waals surface area contributed by atoms with Crippen molar-refractivity contribution in [3.05, 3.63) is 58.0 Å². The summed E-state index contributed by atoms with van der Waals surface area (Å²) in [6.07, 6.45) is 4.61.